The molecule has 2 rings (SSSR count). The Labute approximate surface area is 79.2 Å². The molecule has 76 valence electrons. The average Bonchev–Trinajstić information content (AvgIpc) is 2.21. The Morgan fingerprint density at radius 1 is 1.15 bits per heavy atom. The predicted molar refractivity (Wildman–Crippen MR) is 49.6 cm³/mol. The maximum Gasteiger partial charge on any atom is 0.170 e. The Kier molecular flexibility index (Phi) is 3.55. The monoisotopic (exact) mass is 186 g/mol. The zero-order chi connectivity index (χ0) is 8.93. The zero-order valence-electron chi connectivity index (χ0n) is 8.00. The number of ether oxygens (including phenoxy) is 2. The fraction of sp³-hybridized carbons (Fsp3) is 1.00. The Hall–Kier alpha value is -0.160. The summed E-state index contributed by atoms with van der Waals surface area (Å²) in [5.41, 5.74) is 0. The Morgan fingerprint density at radius 2 is 1.85 bits per heavy atom. The molecule has 13 heavy (non-hydrogen) atoms. The van der Waals surface area contributed by atoms with Gasteiger partial charge in [-0.15, -0.1) is 0 Å². The molecular formula is C9H18N2O2. The van der Waals surface area contributed by atoms with Gasteiger partial charge in [0.2, 0.25) is 0 Å². The van der Waals surface area contributed by atoms with E-state index in [1.807, 2.05) is 0 Å². The Balaban J connectivity index is 1.69. The Bertz CT molecular complexity index is 127. The molecule has 2 aliphatic rings. The van der Waals surface area contributed by atoms with Crippen LogP contribution in [0.3, 0.4) is 0 Å². The van der Waals surface area contributed by atoms with Crippen LogP contribution in [0.4, 0.5) is 0 Å². The predicted octanol–water partition coefficient (Wildman–Crippen LogP) is -0.345. The van der Waals surface area contributed by atoms with Crippen molar-refractivity contribution in [1.29, 1.82) is 0 Å². The topological polar surface area (TPSA) is 33.7 Å². The third kappa shape index (κ3) is 2.91. The summed E-state index contributed by atoms with van der Waals surface area (Å²) in [6, 6.07) is 0. The lowest BCUT2D eigenvalue weighted by atomic mass is 10.3. The molecule has 2 fully saturated rings. The summed E-state index contributed by atoms with van der Waals surface area (Å²) >= 11 is 0. The molecule has 2 aliphatic heterocycles. The summed E-state index contributed by atoms with van der Waals surface area (Å²) in [7, 11) is 0. The highest BCUT2D eigenvalue weighted by Gasteiger charge is 2.19. The van der Waals surface area contributed by atoms with E-state index in [9.17, 15) is 0 Å². The van der Waals surface area contributed by atoms with Gasteiger partial charge < -0.3 is 14.8 Å². The van der Waals surface area contributed by atoms with Gasteiger partial charge in [-0.1, -0.05) is 0 Å². The molecule has 0 bridgehead atoms. The molecule has 0 saturated carbocycles. The molecule has 0 aliphatic carbocycles. The first-order chi connectivity index (χ1) is 6.45. The van der Waals surface area contributed by atoms with E-state index < -0.39 is 0 Å². The maximum absolute atomic E-state index is 5.50. The summed E-state index contributed by atoms with van der Waals surface area (Å²) in [5, 5.41) is 3.33. The first kappa shape index (κ1) is 9.40. The normalized spacial score (nSPS) is 27.7. The molecule has 0 aromatic carbocycles. The molecule has 2 saturated heterocycles. The van der Waals surface area contributed by atoms with E-state index in [2.05, 4.69) is 10.2 Å². The lowest BCUT2D eigenvalue weighted by molar-refractivity contribution is -0.186. The van der Waals surface area contributed by atoms with Crippen molar-refractivity contribution in [2.75, 3.05) is 45.9 Å². The van der Waals surface area contributed by atoms with Gasteiger partial charge in [-0.2, -0.15) is 0 Å². The molecule has 0 spiro atoms. The Morgan fingerprint density at radius 3 is 2.54 bits per heavy atom. The second-order valence-corrected chi connectivity index (χ2v) is 3.58. The number of nitrogens with one attached hydrogen (secondary N) is 1. The van der Waals surface area contributed by atoms with Crippen LogP contribution < -0.4 is 5.32 Å². The van der Waals surface area contributed by atoms with Crippen molar-refractivity contribution >= 4 is 0 Å². The first-order valence-electron chi connectivity index (χ1n) is 5.11. The van der Waals surface area contributed by atoms with E-state index in [0.717, 1.165) is 52.4 Å². The van der Waals surface area contributed by atoms with Crippen molar-refractivity contribution in [1.82, 2.24) is 10.2 Å². The van der Waals surface area contributed by atoms with Crippen LogP contribution in [0, 0.1) is 0 Å². The van der Waals surface area contributed by atoms with E-state index >= 15 is 0 Å². The molecule has 1 N–H and O–H groups in total. The number of piperazine rings is 1. The van der Waals surface area contributed by atoms with Crippen molar-refractivity contribution in [3.63, 3.8) is 0 Å². The van der Waals surface area contributed by atoms with Crippen LogP contribution in [0.1, 0.15) is 6.42 Å². The SMILES string of the molecule is C1COC(CN2CCNCC2)OC1. The van der Waals surface area contributed by atoms with E-state index in [-0.39, 0.29) is 6.29 Å². The lowest BCUT2D eigenvalue weighted by Gasteiger charge is -2.32. The van der Waals surface area contributed by atoms with Crippen LogP contribution in [0.5, 0.6) is 0 Å². The van der Waals surface area contributed by atoms with Crippen LogP contribution in [0.2, 0.25) is 0 Å². The summed E-state index contributed by atoms with van der Waals surface area (Å²) in [4.78, 5) is 2.40. The average molecular weight is 186 g/mol. The first-order valence-corrected chi connectivity index (χ1v) is 5.11. The van der Waals surface area contributed by atoms with Crippen molar-refractivity contribution in [3.05, 3.63) is 0 Å². The molecule has 0 radical (unpaired) electrons. The van der Waals surface area contributed by atoms with Gasteiger partial charge in [0.15, 0.2) is 6.29 Å². The molecular weight excluding hydrogens is 168 g/mol. The van der Waals surface area contributed by atoms with Gasteiger partial charge in [-0.05, 0) is 6.42 Å². The van der Waals surface area contributed by atoms with Crippen LogP contribution in [-0.2, 0) is 9.47 Å². The minimum atomic E-state index is 0.0202. The van der Waals surface area contributed by atoms with Gasteiger partial charge in [0.05, 0.1) is 13.2 Å². The number of hydrogen-bond acceptors (Lipinski definition) is 4. The molecule has 4 nitrogen and oxygen atoms in total. The van der Waals surface area contributed by atoms with E-state index in [0.29, 0.717) is 0 Å². The van der Waals surface area contributed by atoms with Crippen LogP contribution >= 0.6 is 0 Å². The highest BCUT2D eigenvalue weighted by Crippen LogP contribution is 2.06. The molecule has 0 aromatic heterocycles. The molecule has 0 atom stereocenters. The summed E-state index contributed by atoms with van der Waals surface area (Å²) < 4.78 is 11.0. The third-order valence-corrected chi connectivity index (χ3v) is 2.51. The number of hydrogen-bond donors (Lipinski definition) is 1. The highest BCUT2D eigenvalue weighted by atomic mass is 16.7. The molecule has 2 heterocycles. The van der Waals surface area contributed by atoms with Gasteiger partial charge in [-0.3, -0.25) is 4.90 Å². The van der Waals surface area contributed by atoms with Gasteiger partial charge in [0.1, 0.15) is 0 Å². The number of rotatable bonds is 2. The smallest absolute Gasteiger partial charge is 0.170 e. The second kappa shape index (κ2) is 4.91. The zero-order valence-corrected chi connectivity index (χ0v) is 8.00. The fourth-order valence-electron chi connectivity index (χ4n) is 1.75. The van der Waals surface area contributed by atoms with Crippen LogP contribution in [-0.4, -0.2) is 57.1 Å². The van der Waals surface area contributed by atoms with Crippen molar-refractivity contribution < 1.29 is 9.47 Å². The van der Waals surface area contributed by atoms with Gasteiger partial charge in [0, 0.05) is 32.7 Å². The molecule has 0 aromatic rings. The third-order valence-electron chi connectivity index (χ3n) is 2.51. The van der Waals surface area contributed by atoms with Crippen LogP contribution in [0.15, 0.2) is 0 Å². The van der Waals surface area contributed by atoms with Gasteiger partial charge >= 0.3 is 0 Å². The summed E-state index contributed by atoms with van der Waals surface area (Å²) in [6.07, 6.45) is 1.06. The van der Waals surface area contributed by atoms with Crippen LogP contribution in [0.25, 0.3) is 0 Å². The minimum absolute atomic E-state index is 0.0202. The van der Waals surface area contributed by atoms with Crippen molar-refractivity contribution in [2.45, 2.75) is 12.7 Å². The van der Waals surface area contributed by atoms with Gasteiger partial charge in [-0.25, -0.2) is 0 Å². The largest absolute Gasteiger partial charge is 0.351 e. The van der Waals surface area contributed by atoms with E-state index in [4.69, 9.17) is 9.47 Å². The number of nitrogens with zero attached hydrogens (tertiary/aromatic N) is 1. The van der Waals surface area contributed by atoms with E-state index in [1.54, 1.807) is 0 Å². The lowest BCUT2D eigenvalue weighted by Crippen LogP contribution is -2.47. The highest BCUT2D eigenvalue weighted by molar-refractivity contribution is 4.69. The standard InChI is InChI=1S/C9H18N2O2/c1-6-12-9(13-7-1)8-11-4-2-10-3-5-11/h9-10H,1-8H2. The second-order valence-electron chi connectivity index (χ2n) is 3.58. The van der Waals surface area contributed by atoms with E-state index in [1.165, 1.54) is 0 Å². The molecule has 0 amide bonds. The quantitative estimate of drug-likeness (QED) is 0.639. The minimum Gasteiger partial charge on any atom is -0.351 e. The maximum atomic E-state index is 5.50. The fourth-order valence-corrected chi connectivity index (χ4v) is 1.75. The summed E-state index contributed by atoms with van der Waals surface area (Å²) in [5.74, 6) is 0. The molecule has 4 heteroatoms. The summed E-state index contributed by atoms with van der Waals surface area (Å²) in [6.45, 7) is 7.06. The molecule has 0 unspecified atom stereocenters. The van der Waals surface area contributed by atoms with Crippen molar-refractivity contribution in [2.24, 2.45) is 0 Å². The van der Waals surface area contributed by atoms with Gasteiger partial charge in [0.25, 0.3) is 0 Å². The van der Waals surface area contributed by atoms with Crippen molar-refractivity contribution in [3.8, 4) is 0 Å².